The van der Waals surface area contributed by atoms with Crippen molar-refractivity contribution in [2.75, 3.05) is 26.4 Å². The van der Waals surface area contributed by atoms with Crippen molar-refractivity contribution in [3.05, 3.63) is 0 Å². The Morgan fingerprint density at radius 1 is 1.06 bits per heavy atom. The van der Waals surface area contributed by atoms with Crippen LogP contribution in [-0.2, 0) is 4.74 Å². The van der Waals surface area contributed by atoms with E-state index in [2.05, 4.69) is 0 Å². The lowest BCUT2D eigenvalue weighted by Gasteiger charge is -2.33. The number of hydrogen-bond donors (Lipinski definition) is 4. The molecule has 0 rings (SSSR count). The van der Waals surface area contributed by atoms with Gasteiger partial charge in [-0.1, -0.05) is 13.8 Å². The van der Waals surface area contributed by atoms with Gasteiger partial charge < -0.3 is 25.2 Å². The molecule has 0 bridgehead atoms. The van der Waals surface area contributed by atoms with E-state index in [1.54, 1.807) is 6.92 Å². The van der Waals surface area contributed by atoms with E-state index in [1.807, 2.05) is 6.92 Å². The van der Waals surface area contributed by atoms with Crippen molar-refractivity contribution in [1.29, 1.82) is 0 Å². The number of aliphatic hydroxyl groups excluding tert-OH is 3. The van der Waals surface area contributed by atoms with Gasteiger partial charge in [0.2, 0.25) is 0 Å². The fourth-order valence-corrected chi connectivity index (χ4v) is 1.43. The Kier molecular flexibility index (Phi) is 7.20. The Morgan fingerprint density at radius 3 is 1.88 bits per heavy atom. The first-order valence-electron chi connectivity index (χ1n) is 6.09. The van der Waals surface area contributed by atoms with E-state index in [0.717, 1.165) is 0 Å². The molecule has 0 aromatic rings. The van der Waals surface area contributed by atoms with Crippen molar-refractivity contribution < 1.29 is 25.2 Å². The molecule has 2 unspecified atom stereocenters. The van der Waals surface area contributed by atoms with Crippen molar-refractivity contribution in [1.82, 2.24) is 0 Å². The van der Waals surface area contributed by atoms with E-state index in [9.17, 15) is 20.4 Å². The molecule has 0 radical (unpaired) electrons. The fraction of sp³-hybridized carbons (Fsp3) is 1.00. The molecule has 0 aliphatic heterocycles. The highest BCUT2D eigenvalue weighted by Crippen LogP contribution is 2.23. The topological polar surface area (TPSA) is 90.2 Å². The van der Waals surface area contributed by atoms with Gasteiger partial charge in [0.25, 0.3) is 0 Å². The minimum absolute atomic E-state index is 0.0110. The van der Waals surface area contributed by atoms with Crippen molar-refractivity contribution in [3.8, 4) is 0 Å². The van der Waals surface area contributed by atoms with Crippen LogP contribution in [0.1, 0.15) is 33.6 Å². The second-order valence-electron chi connectivity index (χ2n) is 4.80. The normalized spacial score (nSPS) is 17.8. The molecule has 0 spiro atoms. The summed E-state index contributed by atoms with van der Waals surface area (Å²) in [4.78, 5) is 0. The molecule has 5 nitrogen and oxygen atoms in total. The first-order chi connectivity index (χ1) is 7.89. The molecule has 0 aromatic carbocycles. The van der Waals surface area contributed by atoms with Gasteiger partial charge in [-0.3, -0.25) is 0 Å². The van der Waals surface area contributed by atoms with Gasteiger partial charge in [0.15, 0.2) is 0 Å². The zero-order chi connectivity index (χ0) is 13.5. The highest BCUT2D eigenvalue weighted by Gasteiger charge is 2.33. The second-order valence-corrected chi connectivity index (χ2v) is 4.80. The molecule has 0 aliphatic carbocycles. The number of aliphatic hydroxyl groups is 4. The molecular formula is C12H26O5. The van der Waals surface area contributed by atoms with Crippen LogP contribution in [-0.4, -0.2) is 58.6 Å². The highest BCUT2D eigenvalue weighted by atomic mass is 16.5. The SMILES string of the molecule is CCC(CO)(CO)COCC(O)(CC)C(C)O. The van der Waals surface area contributed by atoms with Crippen molar-refractivity contribution >= 4 is 0 Å². The van der Waals surface area contributed by atoms with E-state index in [4.69, 9.17) is 4.74 Å². The highest BCUT2D eigenvalue weighted by molar-refractivity contribution is 4.83. The molecule has 2 atom stereocenters. The van der Waals surface area contributed by atoms with E-state index in [-0.39, 0.29) is 26.4 Å². The predicted octanol–water partition coefficient (Wildman–Crippen LogP) is -0.0941. The molecule has 0 saturated carbocycles. The van der Waals surface area contributed by atoms with E-state index in [0.29, 0.717) is 12.8 Å². The fourth-order valence-electron chi connectivity index (χ4n) is 1.43. The molecule has 0 fully saturated rings. The number of ether oxygens (including phenoxy) is 1. The summed E-state index contributed by atoms with van der Waals surface area (Å²) in [6.45, 7) is 4.95. The Labute approximate surface area is 103 Å². The summed E-state index contributed by atoms with van der Waals surface area (Å²) in [5, 5.41) is 37.9. The molecule has 0 saturated heterocycles. The smallest absolute Gasteiger partial charge is 0.113 e. The average Bonchev–Trinajstić information content (AvgIpc) is 2.34. The van der Waals surface area contributed by atoms with Crippen LogP contribution in [0.15, 0.2) is 0 Å². The van der Waals surface area contributed by atoms with E-state index in [1.165, 1.54) is 6.92 Å². The quantitative estimate of drug-likeness (QED) is 0.459. The summed E-state index contributed by atoms with van der Waals surface area (Å²) in [5.41, 5.74) is -1.95. The van der Waals surface area contributed by atoms with Crippen LogP contribution in [0.25, 0.3) is 0 Å². The third kappa shape index (κ3) is 4.52. The summed E-state index contributed by atoms with van der Waals surface area (Å²) >= 11 is 0. The summed E-state index contributed by atoms with van der Waals surface area (Å²) in [5.74, 6) is 0. The van der Waals surface area contributed by atoms with E-state index < -0.39 is 17.1 Å². The van der Waals surface area contributed by atoms with Gasteiger partial charge in [-0.25, -0.2) is 0 Å². The van der Waals surface area contributed by atoms with Crippen LogP contribution < -0.4 is 0 Å². The predicted molar refractivity (Wildman–Crippen MR) is 64.6 cm³/mol. The number of hydrogen-bond acceptors (Lipinski definition) is 5. The zero-order valence-electron chi connectivity index (χ0n) is 11.0. The lowest BCUT2D eigenvalue weighted by atomic mass is 9.88. The minimum Gasteiger partial charge on any atom is -0.396 e. The third-order valence-corrected chi connectivity index (χ3v) is 3.57. The maximum absolute atomic E-state index is 10.0. The summed E-state index contributed by atoms with van der Waals surface area (Å²) in [7, 11) is 0. The van der Waals surface area contributed by atoms with Gasteiger partial charge in [0.05, 0.1) is 32.5 Å². The molecule has 0 heterocycles. The first kappa shape index (κ1) is 16.8. The standard InChI is InChI=1S/C12H26O5/c1-4-11(6-13,7-14)8-17-9-12(16,5-2)10(3)15/h10,13-16H,4-9H2,1-3H3. The van der Waals surface area contributed by atoms with Crippen LogP contribution >= 0.6 is 0 Å². The van der Waals surface area contributed by atoms with Gasteiger partial charge in [-0.05, 0) is 19.8 Å². The number of rotatable bonds is 9. The van der Waals surface area contributed by atoms with Crippen LogP contribution in [0.3, 0.4) is 0 Å². The Morgan fingerprint density at radius 2 is 1.59 bits per heavy atom. The lowest BCUT2D eigenvalue weighted by molar-refractivity contribution is -0.133. The van der Waals surface area contributed by atoms with Gasteiger partial charge in [0.1, 0.15) is 5.60 Å². The van der Waals surface area contributed by atoms with Gasteiger partial charge >= 0.3 is 0 Å². The summed E-state index contributed by atoms with van der Waals surface area (Å²) < 4.78 is 5.36. The Bertz CT molecular complexity index is 186. The van der Waals surface area contributed by atoms with Crippen LogP contribution in [0, 0.1) is 5.41 Å². The third-order valence-electron chi connectivity index (χ3n) is 3.57. The molecule has 0 aromatic heterocycles. The van der Waals surface area contributed by atoms with Crippen LogP contribution in [0.4, 0.5) is 0 Å². The molecule has 0 amide bonds. The molecular weight excluding hydrogens is 224 g/mol. The van der Waals surface area contributed by atoms with Crippen molar-refractivity contribution in [2.24, 2.45) is 5.41 Å². The largest absolute Gasteiger partial charge is 0.396 e. The van der Waals surface area contributed by atoms with Crippen LogP contribution in [0.5, 0.6) is 0 Å². The average molecular weight is 250 g/mol. The first-order valence-corrected chi connectivity index (χ1v) is 6.09. The lowest BCUT2D eigenvalue weighted by Crippen LogP contribution is -2.46. The maximum atomic E-state index is 10.0. The van der Waals surface area contributed by atoms with E-state index >= 15 is 0 Å². The second kappa shape index (κ2) is 7.28. The summed E-state index contributed by atoms with van der Waals surface area (Å²) in [6.07, 6.45) is 0.0770. The maximum Gasteiger partial charge on any atom is 0.113 e. The van der Waals surface area contributed by atoms with Crippen molar-refractivity contribution in [3.63, 3.8) is 0 Å². The summed E-state index contributed by atoms with van der Waals surface area (Å²) in [6, 6.07) is 0. The minimum atomic E-state index is -1.27. The molecule has 5 heteroatoms. The zero-order valence-corrected chi connectivity index (χ0v) is 11.0. The molecule has 0 aliphatic rings. The van der Waals surface area contributed by atoms with Crippen LogP contribution in [0.2, 0.25) is 0 Å². The molecule has 4 N–H and O–H groups in total. The molecule has 104 valence electrons. The van der Waals surface area contributed by atoms with Gasteiger partial charge in [0, 0.05) is 5.41 Å². The monoisotopic (exact) mass is 250 g/mol. The van der Waals surface area contributed by atoms with Gasteiger partial charge in [-0.15, -0.1) is 0 Å². The molecule has 17 heavy (non-hydrogen) atoms. The van der Waals surface area contributed by atoms with Gasteiger partial charge in [-0.2, -0.15) is 0 Å². The Balaban J connectivity index is 4.29. The Hall–Kier alpha value is -0.200. The van der Waals surface area contributed by atoms with Crippen molar-refractivity contribution in [2.45, 2.75) is 45.3 Å².